The van der Waals surface area contributed by atoms with Crippen LogP contribution in [0.2, 0.25) is 0 Å². The van der Waals surface area contributed by atoms with Crippen LogP contribution < -0.4 is 0 Å². The van der Waals surface area contributed by atoms with Crippen molar-refractivity contribution in [3.8, 4) is 12.3 Å². The third-order valence-electron chi connectivity index (χ3n) is 2.00. The van der Waals surface area contributed by atoms with E-state index in [1.807, 2.05) is 6.07 Å². The largest absolute Gasteiger partial charge is 0.463 e. The minimum Gasteiger partial charge on any atom is -0.463 e. The summed E-state index contributed by atoms with van der Waals surface area (Å²) >= 11 is 0. The molecule has 0 bridgehead atoms. The molecule has 1 aromatic rings. The molecule has 0 unspecified atom stereocenters. The summed E-state index contributed by atoms with van der Waals surface area (Å²) in [6.07, 6.45) is 3.70. The Morgan fingerprint density at radius 3 is 2.75 bits per heavy atom. The third kappa shape index (κ3) is 4.14. The predicted octanol–water partition coefficient (Wildman–Crippen LogP) is 2.13. The minimum absolute atomic E-state index is 0.0374. The number of halogens is 1. The average molecular weight is 220 g/mol. The van der Waals surface area contributed by atoms with Crippen molar-refractivity contribution in [2.75, 3.05) is 6.61 Å². The average Bonchev–Trinajstić information content (AvgIpc) is 2.30. The molecule has 0 spiro atoms. The first-order chi connectivity index (χ1) is 7.74. The molecule has 0 aliphatic heterocycles. The number of hydrogen-bond acceptors (Lipinski definition) is 2. The van der Waals surface area contributed by atoms with Crippen molar-refractivity contribution in [2.24, 2.45) is 0 Å². The number of carbonyl (C=O) groups is 1. The zero-order valence-corrected chi connectivity index (χ0v) is 8.86. The first-order valence-corrected chi connectivity index (χ1v) is 5.02. The summed E-state index contributed by atoms with van der Waals surface area (Å²) in [4.78, 5) is 11.2. The second-order valence-electron chi connectivity index (χ2n) is 3.28. The molecule has 0 fully saturated rings. The van der Waals surface area contributed by atoms with Gasteiger partial charge in [0, 0.05) is 12.8 Å². The van der Waals surface area contributed by atoms with E-state index in [9.17, 15) is 9.18 Å². The highest BCUT2D eigenvalue weighted by atomic mass is 19.1. The number of terminal acetylenes is 1. The van der Waals surface area contributed by atoms with E-state index in [-0.39, 0.29) is 13.0 Å². The van der Waals surface area contributed by atoms with Gasteiger partial charge in [-0.15, -0.1) is 12.3 Å². The van der Waals surface area contributed by atoms with E-state index < -0.39 is 12.1 Å². The van der Waals surface area contributed by atoms with E-state index in [1.54, 1.807) is 24.3 Å². The van der Waals surface area contributed by atoms with Crippen molar-refractivity contribution >= 4 is 5.97 Å². The summed E-state index contributed by atoms with van der Waals surface area (Å²) < 4.78 is 18.0. The van der Waals surface area contributed by atoms with Gasteiger partial charge in [0.25, 0.3) is 0 Å². The van der Waals surface area contributed by atoms with Gasteiger partial charge < -0.3 is 4.74 Å². The van der Waals surface area contributed by atoms with Gasteiger partial charge >= 0.3 is 5.97 Å². The van der Waals surface area contributed by atoms with Gasteiger partial charge in [-0.3, -0.25) is 0 Å². The van der Waals surface area contributed by atoms with Gasteiger partial charge in [0.1, 0.15) is 6.61 Å². The molecule has 0 saturated heterocycles. The van der Waals surface area contributed by atoms with Crippen LogP contribution in [-0.2, 0) is 16.0 Å². The number of benzene rings is 1. The Labute approximate surface area is 94.4 Å². The SMILES string of the molecule is C#CCCOC(=O)[C@@H](F)Cc1ccccc1. The van der Waals surface area contributed by atoms with Gasteiger partial charge in [-0.05, 0) is 5.56 Å². The van der Waals surface area contributed by atoms with Gasteiger partial charge in [-0.2, -0.15) is 0 Å². The summed E-state index contributed by atoms with van der Waals surface area (Å²) in [6, 6.07) is 8.96. The van der Waals surface area contributed by atoms with Crippen LogP contribution in [0.1, 0.15) is 12.0 Å². The van der Waals surface area contributed by atoms with E-state index in [0.29, 0.717) is 6.42 Å². The van der Waals surface area contributed by atoms with Gasteiger partial charge in [0.2, 0.25) is 6.17 Å². The van der Waals surface area contributed by atoms with Crippen LogP contribution in [0, 0.1) is 12.3 Å². The molecule has 0 radical (unpaired) electrons. The van der Waals surface area contributed by atoms with Crippen LogP contribution in [-0.4, -0.2) is 18.7 Å². The number of carbonyl (C=O) groups excluding carboxylic acids is 1. The molecule has 0 N–H and O–H groups in total. The highest BCUT2D eigenvalue weighted by molar-refractivity contribution is 5.74. The maximum atomic E-state index is 13.4. The maximum Gasteiger partial charge on any atom is 0.341 e. The Morgan fingerprint density at radius 2 is 2.12 bits per heavy atom. The molecular formula is C13H13FO2. The first-order valence-electron chi connectivity index (χ1n) is 5.02. The number of hydrogen-bond donors (Lipinski definition) is 0. The molecule has 2 nitrogen and oxygen atoms in total. The Bertz CT molecular complexity index is 367. The molecule has 0 aliphatic rings. The molecular weight excluding hydrogens is 207 g/mol. The lowest BCUT2D eigenvalue weighted by atomic mass is 10.1. The molecule has 0 heterocycles. The molecule has 0 amide bonds. The number of esters is 1. The zero-order chi connectivity index (χ0) is 11.8. The molecule has 0 saturated carbocycles. The Morgan fingerprint density at radius 1 is 1.44 bits per heavy atom. The van der Waals surface area contributed by atoms with Crippen molar-refractivity contribution in [3.05, 3.63) is 35.9 Å². The van der Waals surface area contributed by atoms with E-state index >= 15 is 0 Å². The molecule has 1 rings (SSSR count). The van der Waals surface area contributed by atoms with Crippen LogP contribution in [0.4, 0.5) is 4.39 Å². The third-order valence-corrected chi connectivity index (χ3v) is 2.00. The van der Waals surface area contributed by atoms with Gasteiger partial charge in [-0.25, -0.2) is 9.18 Å². The van der Waals surface area contributed by atoms with Crippen molar-refractivity contribution in [1.82, 2.24) is 0 Å². The number of alkyl halides is 1. The predicted molar refractivity (Wildman–Crippen MR) is 59.5 cm³/mol. The molecule has 16 heavy (non-hydrogen) atoms. The standard InChI is InChI=1S/C13H13FO2/c1-2-3-9-16-13(15)12(14)10-11-7-5-4-6-8-11/h1,4-8,12H,3,9-10H2/t12-/m0/s1. The highest BCUT2D eigenvalue weighted by Crippen LogP contribution is 2.07. The fraction of sp³-hybridized carbons (Fsp3) is 0.308. The van der Waals surface area contributed by atoms with Crippen LogP contribution >= 0.6 is 0 Å². The van der Waals surface area contributed by atoms with E-state index in [0.717, 1.165) is 5.56 Å². The summed E-state index contributed by atoms with van der Waals surface area (Å²) in [7, 11) is 0. The molecule has 0 aromatic heterocycles. The minimum atomic E-state index is -1.62. The Balaban J connectivity index is 2.38. The van der Waals surface area contributed by atoms with E-state index in [2.05, 4.69) is 10.7 Å². The summed E-state index contributed by atoms with van der Waals surface area (Å²) in [5.41, 5.74) is 0.767. The zero-order valence-electron chi connectivity index (χ0n) is 8.86. The normalized spacial score (nSPS) is 11.5. The molecule has 1 aromatic carbocycles. The van der Waals surface area contributed by atoms with Crippen LogP contribution in [0.3, 0.4) is 0 Å². The summed E-state index contributed by atoms with van der Waals surface area (Å²) in [5.74, 6) is 1.46. The van der Waals surface area contributed by atoms with Crippen LogP contribution in [0.25, 0.3) is 0 Å². The van der Waals surface area contributed by atoms with Gasteiger partial charge in [0.15, 0.2) is 0 Å². The Hall–Kier alpha value is -1.82. The van der Waals surface area contributed by atoms with Crippen LogP contribution in [0.5, 0.6) is 0 Å². The molecule has 3 heteroatoms. The van der Waals surface area contributed by atoms with Gasteiger partial charge in [-0.1, -0.05) is 30.3 Å². The molecule has 1 atom stereocenters. The first kappa shape index (κ1) is 12.3. The van der Waals surface area contributed by atoms with Crippen molar-refractivity contribution < 1.29 is 13.9 Å². The van der Waals surface area contributed by atoms with Gasteiger partial charge in [0.05, 0.1) is 0 Å². The lowest BCUT2D eigenvalue weighted by Crippen LogP contribution is -2.21. The van der Waals surface area contributed by atoms with Crippen molar-refractivity contribution in [3.63, 3.8) is 0 Å². The lowest BCUT2D eigenvalue weighted by molar-refractivity contribution is -0.149. The highest BCUT2D eigenvalue weighted by Gasteiger charge is 2.18. The molecule has 0 aliphatic carbocycles. The smallest absolute Gasteiger partial charge is 0.341 e. The molecule has 84 valence electrons. The van der Waals surface area contributed by atoms with E-state index in [4.69, 9.17) is 6.42 Å². The fourth-order valence-corrected chi connectivity index (χ4v) is 1.21. The lowest BCUT2D eigenvalue weighted by Gasteiger charge is -2.07. The van der Waals surface area contributed by atoms with E-state index in [1.165, 1.54) is 0 Å². The second-order valence-corrected chi connectivity index (χ2v) is 3.28. The van der Waals surface area contributed by atoms with Crippen molar-refractivity contribution in [1.29, 1.82) is 0 Å². The monoisotopic (exact) mass is 220 g/mol. The maximum absolute atomic E-state index is 13.4. The summed E-state index contributed by atoms with van der Waals surface area (Å²) in [5, 5.41) is 0. The Kier molecular flexibility index (Phi) is 5.07. The van der Waals surface area contributed by atoms with Crippen molar-refractivity contribution in [2.45, 2.75) is 19.0 Å². The quantitative estimate of drug-likeness (QED) is 0.431. The fourth-order valence-electron chi connectivity index (χ4n) is 1.21. The van der Waals surface area contributed by atoms with Crippen LogP contribution in [0.15, 0.2) is 30.3 Å². The number of ether oxygens (including phenoxy) is 1. The number of rotatable bonds is 5. The second kappa shape index (κ2) is 6.62. The summed E-state index contributed by atoms with van der Waals surface area (Å²) in [6.45, 7) is 0.0740. The topological polar surface area (TPSA) is 26.3 Å².